The van der Waals surface area contributed by atoms with Crippen LogP contribution in [0.3, 0.4) is 0 Å². The van der Waals surface area contributed by atoms with E-state index < -0.39 is 6.10 Å². The summed E-state index contributed by atoms with van der Waals surface area (Å²) >= 11 is 0. The number of anilines is 1. The summed E-state index contributed by atoms with van der Waals surface area (Å²) in [5.41, 5.74) is 2.58. The molecule has 2 fully saturated rings. The van der Waals surface area contributed by atoms with Crippen molar-refractivity contribution in [2.75, 3.05) is 18.5 Å². The van der Waals surface area contributed by atoms with Crippen LogP contribution in [-0.2, 0) is 0 Å². The van der Waals surface area contributed by atoms with Crippen molar-refractivity contribution in [1.82, 2.24) is 0 Å². The van der Waals surface area contributed by atoms with Crippen molar-refractivity contribution in [1.29, 1.82) is 5.26 Å². The lowest BCUT2D eigenvalue weighted by atomic mass is 9.88. The molecule has 0 radical (unpaired) electrons. The van der Waals surface area contributed by atoms with Crippen molar-refractivity contribution in [2.45, 2.75) is 38.7 Å². The van der Waals surface area contributed by atoms with Crippen molar-refractivity contribution in [2.24, 2.45) is 17.8 Å². The van der Waals surface area contributed by atoms with Crippen molar-refractivity contribution in [3.63, 3.8) is 0 Å². The summed E-state index contributed by atoms with van der Waals surface area (Å²) in [4.78, 5) is 2.24. The van der Waals surface area contributed by atoms with Gasteiger partial charge in [0.2, 0.25) is 0 Å². The zero-order valence-electron chi connectivity index (χ0n) is 12.9. The van der Waals surface area contributed by atoms with E-state index in [0.717, 1.165) is 35.5 Å². The maximum absolute atomic E-state index is 9.97. The second-order valence-electron chi connectivity index (χ2n) is 6.88. The van der Waals surface area contributed by atoms with Crippen molar-refractivity contribution in [3.05, 3.63) is 29.3 Å². The van der Waals surface area contributed by atoms with E-state index in [0.29, 0.717) is 5.56 Å². The van der Waals surface area contributed by atoms with E-state index >= 15 is 0 Å². The Morgan fingerprint density at radius 1 is 1.38 bits per heavy atom. The normalized spacial score (nSPS) is 28.4. The molecule has 2 bridgehead atoms. The molecule has 3 rings (SSSR count). The molecule has 0 saturated heterocycles. The Labute approximate surface area is 127 Å². The van der Waals surface area contributed by atoms with Gasteiger partial charge < -0.3 is 10.0 Å². The van der Waals surface area contributed by atoms with E-state index in [1.54, 1.807) is 13.0 Å². The lowest BCUT2D eigenvalue weighted by Crippen LogP contribution is -2.29. The number of rotatable bonds is 4. The highest BCUT2D eigenvalue weighted by molar-refractivity contribution is 5.58. The minimum atomic E-state index is -0.504. The van der Waals surface area contributed by atoms with Gasteiger partial charge in [0.05, 0.1) is 17.7 Å². The second kappa shape index (κ2) is 5.69. The van der Waals surface area contributed by atoms with E-state index in [4.69, 9.17) is 5.26 Å². The average Bonchev–Trinajstić information content (AvgIpc) is 3.09. The van der Waals surface area contributed by atoms with Gasteiger partial charge >= 0.3 is 0 Å². The highest BCUT2D eigenvalue weighted by atomic mass is 16.3. The number of hydrogen-bond acceptors (Lipinski definition) is 3. The zero-order chi connectivity index (χ0) is 15.0. The van der Waals surface area contributed by atoms with Gasteiger partial charge in [0.15, 0.2) is 0 Å². The molecule has 1 aromatic carbocycles. The van der Waals surface area contributed by atoms with Crippen LogP contribution in [0.4, 0.5) is 5.69 Å². The fourth-order valence-corrected chi connectivity index (χ4v) is 4.35. The Kier molecular flexibility index (Phi) is 3.91. The number of benzene rings is 1. The molecule has 1 aromatic rings. The van der Waals surface area contributed by atoms with E-state index in [-0.39, 0.29) is 0 Å². The summed E-state index contributed by atoms with van der Waals surface area (Å²) in [6.07, 6.45) is 5.09. The molecule has 0 aliphatic heterocycles. The lowest BCUT2D eigenvalue weighted by Gasteiger charge is -2.30. The van der Waals surface area contributed by atoms with Crippen LogP contribution >= 0.6 is 0 Å². The first-order valence-corrected chi connectivity index (χ1v) is 8.01. The Morgan fingerprint density at radius 2 is 2.19 bits per heavy atom. The Morgan fingerprint density at radius 3 is 2.76 bits per heavy atom. The summed E-state index contributed by atoms with van der Waals surface area (Å²) < 4.78 is 0. The van der Waals surface area contributed by atoms with Crippen molar-refractivity contribution >= 4 is 5.69 Å². The molecule has 2 aliphatic carbocycles. The monoisotopic (exact) mass is 284 g/mol. The number of aliphatic hydroxyl groups is 1. The largest absolute Gasteiger partial charge is 0.389 e. The maximum atomic E-state index is 9.97. The first kappa shape index (κ1) is 14.4. The second-order valence-corrected chi connectivity index (χ2v) is 6.88. The van der Waals surface area contributed by atoms with Crippen molar-refractivity contribution < 1.29 is 5.11 Å². The number of nitriles is 1. The summed E-state index contributed by atoms with van der Waals surface area (Å²) in [6, 6.07) is 7.79. The third-order valence-corrected chi connectivity index (χ3v) is 5.41. The van der Waals surface area contributed by atoms with Gasteiger partial charge in [-0.05, 0) is 56.1 Å². The molecule has 3 unspecified atom stereocenters. The highest BCUT2D eigenvalue weighted by Gasteiger charge is 2.39. The molecule has 4 atom stereocenters. The molecule has 1 N–H and O–H groups in total. The molecule has 2 saturated carbocycles. The van der Waals surface area contributed by atoms with Gasteiger partial charge in [-0.1, -0.05) is 12.5 Å². The summed E-state index contributed by atoms with van der Waals surface area (Å²) in [6.45, 7) is 2.83. The summed E-state index contributed by atoms with van der Waals surface area (Å²) in [7, 11) is 2.09. The van der Waals surface area contributed by atoms with E-state index in [9.17, 15) is 5.11 Å². The maximum Gasteiger partial charge on any atom is 0.0992 e. The van der Waals surface area contributed by atoms with Crippen LogP contribution in [0, 0.1) is 29.1 Å². The minimum absolute atomic E-state index is 0.504. The summed E-state index contributed by atoms with van der Waals surface area (Å²) in [5, 5.41) is 19.1. The van der Waals surface area contributed by atoms with Crippen LogP contribution in [-0.4, -0.2) is 18.7 Å². The molecule has 0 amide bonds. The molecular formula is C18H24N2O. The van der Waals surface area contributed by atoms with Crippen LogP contribution in [0.15, 0.2) is 18.2 Å². The van der Waals surface area contributed by atoms with Gasteiger partial charge in [-0.15, -0.1) is 0 Å². The SMILES string of the molecule is C[C@@H](O)c1ccc(C#N)cc1N(C)CC1CC2CCC1C2. The van der Waals surface area contributed by atoms with E-state index in [1.807, 2.05) is 12.1 Å². The van der Waals surface area contributed by atoms with Gasteiger partial charge in [-0.25, -0.2) is 0 Å². The van der Waals surface area contributed by atoms with Crippen LogP contribution in [0.2, 0.25) is 0 Å². The zero-order valence-corrected chi connectivity index (χ0v) is 12.9. The van der Waals surface area contributed by atoms with Gasteiger partial charge in [-0.2, -0.15) is 5.26 Å². The fraction of sp³-hybridized carbons (Fsp3) is 0.611. The first-order valence-electron chi connectivity index (χ1n) is 8.01. The molecular weight excluding hydrogens is 260 g/mol. The van der Waals surface area contributed by atoms with Gasteiger partial charge in [0.1, 0.15) is 0 Å². The van der Waals surface area contributed by atoms with Gasteiger partial charge in [-0.3, -0.25) is 0 Å². The number of nitrogens with zero attached hydrogens (tertiary/aromatic N) is 2. The van der Waals surface area contributed by atoms with Crippen LogP contribution in [0.5, 0.6) is 0 Å². The third-order valence-electron chi connectivity index (χ3n) is 5.41. The number of fused-ring (bicyclic) bond motifs is 2. The predicted molar refractivity (Wildman–Crippen MR) is 84.0 cm³/mol. The first-order chi connectivity index (χ1) is 10.1. The molecule has 0 aromatic heterocycles. The molecule has 0 heterocycles. The summed E-state index contributed by atoms with van der Waals surface area (Å²) in [5.74, 6) is 2.63. The van der Waals surface area contributed by atoms with Crippen molar-refractivity contribution in [3.8, 4) is 6.07 Å². The van der Waals surface area contributed by atoms with Crippen LogP contribution in [0.1, 0.15) is 49.8 Å². The third kappa shape index (κ3) is 2.78. The number of hydrogen-bond donors (Lipinski definition) is 1. The quantitative estimate of drug-likeness (QED) is 0.920. The standard InChI is InChI=1S/C18H24N2O/c1-12(21)17-6-4-14(10-19)9-18(17)20(2)11-16-8-13-3-5-15(16)7-13/h4,6,9,12-13,15-16,21H,3,5,7-8,11H2,1-2H3/t12-,13?,15?,16?/m1/s1. The molecule has 0 spiro atoms. The highest BCUT2D eigenvalue weighted by Crippen LogP contribution is 2.48. The van der Waals surface area contributed by atoms with Gasteiger partial charge in [0.25, 0.3) is 0 Å². The molecule has 3 heteroatoms. The lowest BCUT2D eigenvalue weighted by molar-refractivity contribution is 0.199. The Hall–Kier alpha value is -1.53. The molecule has 2 aliphatic rings. The van der Waals surface area contributed by atoms with Gasteiger partial charge in [0, 0.05) is 24.8 Å². The van der Waals surface area contributed by atoms with E-state index in [1.165, 1.54) is 25.7 Å². The molecule has 112 valence electrons. The number of aliphatic hydroxyl groups excluding tert-OH is 1. The minimum Gasteiger partial charge on any atom is -0.389 e. The Balaban J connectivity index is 1.80. The fourth-order valence-electron chi connectivity index (χ4n) is 4.35. The van der Waals surface area contributed by atoms with Crippen LogP contribution in [0.25, 0.3) is 0 Å². The molecule has 21 heavy (non-hydrogen) atoms. The average molecular weight is 284 g/mol. The van der Waals surface area contributed by atoms with E-state index in [2.05, 4.69) is 18.0 Å². The predicted octanol–water partition coefficient (Wildman–Crippen LogP) is 3.48. The van der Waals surface area contributed by atoms with Crippen LogP contribution < -0.4 is 4.90 Å². The molecule has 3 nitrogen and oxygen atoms in total. The smallest absolute Gasteiger partial charge is 0.0992 e. The Bertz CT molecular complexity index is 561. The topological polar surface area (TPSA) is 47.3 Å².